The molecular weight excluding hydrogens is 1820 g/mol. The van der Waals surface area contributed by atoms with Gasteiger partial charge < -0.3 is 83.1 Å². The maximum absolute atomic E-state index is 9.91. The van der Waals surface area contributed by atoms with Gasteiger partial charge in [-0.05, 0) is 299 Å². The second-order valence-electron chi connectivity index (χ2n) is 38.6. The highest BCUT2D eigenvalue weighted by Gasteiger charge is 2.17. The van der Waals surface area contributed by atoms with Crippen molar-refractivity contribution in [1.29, 1.82) is 0 Å². The van der Waals surface area contributed by atoms with E-state index in [4.69, 9.17) is 47.4 Å². The molecule has 820 valence electrons. The topological polar surface area (TPSA) is 234 Å². The van der Waals surface area contributed by atoms with E-state index in [9.17, 15) is 35.7 Å². The van der Waals surface area contributed by atoms with Crippen LogP contribution in [0.3, 0.4) is 0 Å². The Labute approximate surface area is 887 Å². The van der Waals surface area contributed by atoms with Gasteiger partial charge in [0.25, 0.3) is 0 Å². The molecule has 0 aliphatic carbocycles. The lowest BCUT2D eigenvalue weighted by molar-refractivity contribution is 0.145. The van der Waals surface area contributed by atoms with Crippen LogP contribution in [0.2, 0.25) is 0 Å². The van der Waals surface area contributed by atoms with Crippen molar-refractivity contribution in [1.82, 2.24) is 0 Å². The summed E-state index contributed by atoms with van der Waals surface area (Å²) < 4.78 is 56.1. The summed E-state index contributed by atoms with van der Waals surface area (Å²) in [6.45, 7) is 43.6. The number of aryl methyl sites for hydroxylation is 1. The molecule has 17 nitrogen and oxygen atoms in total. The van der Waals surface area contributed by atoms with Crippen molar-refractivity contribution < 1.29 is 83.1 Å². The summed E-state index contributed by atoms with van der Waals surface area (Å²) in [5.41, 5.74) is 10.1. The third kappa shape index (κ3) is 65.8. The number of aliphatic hydroxyl groups is 7. The van der Waals surface area contributed by atoms with Crippen LogP contribution in [-0.2, 0) is 48.0 Å². The number of rotatable bonds is 67. The van der Waals surface area contributed by atoms with Gasteiger partial charge in [-0.25, -0.2) is 0 Å². The fraction of sp³-hybridized carbons (Fsp3) is 0.581. The van der Waals surface area contributed by atoms with Crippen LogP contribution in [0.5, 0.6) is 46.0 Å². The van der Waals surface area contributed by atoms with Gasteiger partial charge >= 0.3 is 0 Å². The molecule has 3 unspecified atom stereocenters. The zero-order valence-corrected chi connectivity index (χ0v) is 94.2. The van der Waals surface area contributed by atoms with Crippen molar-refractivity contribution in [2.45, 2.75) is 385 Å². The molecule has 146 heavy (non-hydrogen) atoms. The predicted molar refractivity (Wildman–Crippen MR) is 611 cm³/mol. The molecule has 0 spiro atoms. The van der Waals surface area contributed by atoms with Crippen molar-refractivity contribution in [3.05, 3.63) is 275 Å². The summed E-state index contributed by atoms with van der Waals surface area (Å²) in [5.74, 6) is 9.77. The second kappa shape index (κ2) is 88.9. The first-order valence-corrected chi connectivity index (χ1v) is 56.5. The van der Waals surface area contributed by atoms with Crippen LogP contribution in [0.1, 0.15) is 372 Å². The second-order valence-corrected chi connectivity index (χ2v) is 38.6. The minimum atomic E-state index is -0.393. The number of hydrogen-bond acceptors (Lipinski definition) is 17. The van der Waals surface area contributed by atoms with E-state index in [1.807, 2.05) is 185 Å². The maximum Gasteiger partial charge on any atom is 0.119 e. The monoisotopic (exact) mass is 2020 g/mol. The van der Waals surface area contributed by atoms with E-state index in [2.05, 4.69) is 157 Å². The minimum absolute atomic E-state index is 0.251. The highest BCUT2D eigenvalue weighted by molar-refractivity contribution is 5.36. The predicted octanol–water partition coefficient (Wildman–Crippen LogP) is 31.4. The number of methoxy groups -OCH3 is 2. The number of aliphatic hydroxyl groups excluding tert-OH is 7. The van der Waals surface area contributed by atoms with Crippen LogP contribution in [0, 0.1) is 23.7 Å². The zero-order chi connectivity index (χ0) is 107. The Hall–Kier alpha value is -8.98. The zero-order valence-electron chi connectivity index (χ0n) is 94.2. The highest BCUT2D eigenvalue weighted by Crippen LogP contribution is 2.30. The molecule has 0 bridgehead atoms. The molecule has 0 heterocycles. The Morgan fingerprint density at radius 3 is 0.760 bits per heavy atom. The minimum Gasteiger partial charge on any atom is -0.494 e. The van der Waals surface area contributed by atoms with Gasteiger partial charge in [0.05, 0.1) is 95.6 Å². The molecule has 7 N–H and O–H groups in total. The van der Waals surface area contributed by atoms with Gasteiger partial charge in [-0.1, -0.05) is 335 Å². The molecule has 0 radical (unpaired) electrons. The summed E-state index contributed by atoms with van der Waals surface area (Å²) in [6.07, 6.45) is 33.7. The third-order valence-corrected chi connectivity index (χ3v) is 25.6. The summed E-state index contributed by atoms with van der Waals surface area (Å²) in [6, 6.07) is 74.5. The normalized spacial score (nSPS) is 12.3. The van der Waals surface area contributed by atoms with E-state index >= 15 is 0 Å². The van der Waals surface area contributed by atoms with Crippen LogP contribution in [0.25, 0.3) is 0 Å². The van der Waals surface area contributed by atoms with Gasteiger partial charge in [0.15, 0.2) is 0 Å². The van der Waals surface area contributed by atoms with Crippen molar-refractivity contribution >= 4 is 0 Å². The summed E-state index contributed by atoms with van der Waals surface area (Å²) in [4.78, 5) is 0. The number of hydrogen-bond donors (Lipinski definition) is 7. The van der Waals surface area contributed by atoms with Crippen LogP contribution >= 0.6 is 0 Å². The van der Waals surface area contributed by atoms with Crippen LogP contribution in [0.4, 0.5) is 0 Å². The third-order valence-electron chi connectivity index (χ3n) is 25.6. The highest BCUT2D eigenvalue weighted by atomic mass is 16.5. The lowest BCUT2D eigenvalue weighted by atomic mass is 9.99. The number of unbranched alkanes of at least 4 members (excludes halogenated alkanes) is 4. The molecule has 0 aromatic heterocycles. The van der Waals surface area contributed by atoms with E-state index < -0.39 is 6.10 Å². The summed E-state index contributed by atoms with van der Waals surface area (Å²) >= 11 is 0. The maximum atomic E-state index is 9.91. The summed E-state index contributed by atoms with van der Waals surface area (Å²) in [7, 11) is 3.35. The van der Waals surface area contributed by atoms with E-state index in [-0.39, 0.29) is 36.6 Å². The van der Waals surface area contributed by atoms with Crippen LogP contribution < -0.4 is 37.9 Å². The van der Waals surface area contributed by atoms with Gasteiger partial charge in [0.1, 0.15) is 52.6 Å². The summed E-state index contributed by atoms with van der Waals surface area (Å²) in [5, 5.41) is 68.4. The Bertz CT molecular complexity index is 4330. The number of benzene rings is 9. The SMILES string of the molecule is CCC(CC)COc1cccc(C[C@@H](O)CC)c1.CCC(CC)COc1cccc(C[C@H](O)CC)c1.CCCC(CCC)COc1cccc(C[C@@H](O)CC)c1.CCCC(CCC)COc1cccc(C[C@H](O)CC)c1.CCCC(O)c1cccc(OCCCCOC)c1.CCCC(O)c1cccc(OCCOC)c1.CCCCCOc1cccc(C(O)CCC)c1.CCCCc1cccc(OCCc2ccccc2)c1. The molecule has 9 rings (SSSR count). The average Bonchev–Trinajstić information content (AvgIpc) is 0.906. The Morgan fingerprint density at radius 1 is 0.199 bits per heavy atom. The fourth-order valence-corrected chi connectivity index (χ4v) is 16.1. The molecule has 7 atom stereocenters. The molecule has 0 aliphatic rings. The molecule has 0 amide bonds. The fourth-order valence-electron chi connectivity index (χ4n) is 16.1. The quantitative estimate of drug-likeness (QED) is 0.0176. The Balaban J connectivity index is 0.000000564. The van der Waals surface area contributed by atoms with E-state index in [0.717, 1.165) is 253 Å². The van der Waals surface area contributed by atoms with Crippen LogP contribution in [0.15, 0.2) is 224 Å². The van der Waals surface area contributed by atoms with Gasteiger partial charge in [0.2, 0.25) is 0 Å². The first-order chi connectivity index (χ1) is 71.0. The van der Waals surface area contributed by atoms with Gasteiger partial charge in [-0.15, -0.1) is 0 Å². The van der Waals surface area contributed by atoms with E-state index in [1.54, 1.807) is 14.2 Å². The van der Waals surface area contributed by atoms with Crippen molar-refractivity contribution in [2.24, 2.45) is 23.7 Å². The lowest BCUT2D eigenvalue weighted by Crippen LogP contribution is -2.12. The largest absolute Gasteiger partial charge is 0.494 e. The first-order valence-electron chi connectivity index (χ1n) is 56.5. The van der Waals surface area contributed by atoms with E-state index in [0.29, 0.717) is 69.2 Å². The van der Waals surface area contributed by atoms with Gasteiger partial charge in [-0.2, -0.15) is 0 Å². The molecule has 0 saturated heterocycles. The van der Waals surface area contributed by atoms with Crippen molar-refractivity contribution in [3.63, 3.8) is 0 Å². The van der Waals surface area contributed by atoms with Gasteiger partial charge in [0, 0.05) is 27.2 Å². The van der Waals surface area contributed by atoms with E-state index in [1.165, 1.54) is 88.2 Å². The smallest absolute Gasteiger partial charge is 0.119 e. The molecule has 9 aromatic carbocycles. The Kier molecular flexibility index (Phi) is 81.0. The lowest BCUT2D eigenvalue weighted by Gasteiger charge is -2.17. The standard InChI is InChI=1S/2C18H30O2.C18H22O.2C16H26O2.C15H24O3.C15H24O2.C13H20O3/c2*1-4-8-15(9-5-2)14-20-18-11-7-10-16(13-18)12-17(19)6-3;1-2-3-8-17-11-7-12-18(15-17)19-14-13-16-9-5-4-6-10-16;2*1-4-13(5-2)12-18-16-9-7-8-14(11-16)10-15(17)6-3;1-3-7-15(16)13-8-6-9-14(12-13)18-11-5-4-10-17-2;1-3-5-6-11-17-14-10-7-9-13(12-14)15(16)8-4-2;1-3-5-13(14)11-6-4-7-12(10-11)16-9-8-15-2/h2*7,10-11,13,15,17,19H,4-6,8-9,12,14H2,1-3H3;4-7,9-12,15H,2-3,8,13-14H2,1H3;2*7-9,11,13,15,17H,4-6,10,12H2,1-3H3;6,8-9,12,15-16H,3-5,7,10-11H2,1-2H3;7,9-10,12,15-16H,3-6,8,11H2,1-2H3;4,6-7,10,13-14H,3,5,8-9H2,1-2H3/t2*17-;;2*15-;;;/m10.10.../s1. The average molecular weight is 2030 g/mol. The molecule has 9 aromatic rings. The van der Waals surface area contributed by atoms with Crippen molar-refractivity contribution in [2.75, 3.05) is 80.3 Å². The Morgan fingerprint density at radius 2 is 0.459 bits per heavy atom. The molecule has 0 aliphatic heterocycles. The molecule has 0 fully saturated rings. The van der Waals surface area contributed by atoms with Crippen LogP contribution in [-0.4, -0.2) is 140 Å². The number of ether oxygens (including phenoxy) is 10. The molecule has 0 saturated carbocycles. The van der Waals surface area contributed by atoms with Gasteiger partial charge in [-0.3, -0.25) is 0 Å². The molecule has 17 heteroatoms. The molecular formula is C129H202O17. The first kappa shape index (κ1) is 133. The van der Waals surface area contributed by atoms with Crippen molar-refractivity contribution in [3.8, 4) is 46.0 Å².